The second-order valence-corrected chi connectivity index (χ2v) is 7.45. The molecule has 2 aromatic carbocycles. The fourth-order valence-electron chi connectivity index (χ4n) is 2.41. The molecular formula is C18H22N2S2. The van der Waals surface area contributed by atoms with E-state index in [2.05, 4.69) is 70.5 Å². The Morgan fingerprint density at radius 3 is 1.32 bits per heavy atom. The Hall–Kier alpha value is -0.940. The van der Waals surface area contributed by atoms with Crippen LogP contribution in [0.2, 0.25) is 0 Å². The maximum absolute atomic E-state index is 2.56. The van der Waals surface area contributed by atoms with E-state index in [9.17, 15) is 0 Å². The van der Waals surface area contributed by atoms with E-state index in [1.807, 2.05) is 23.5 Å². The van der Waals surface area contributed by atoms with Gasteiger partial charge in [-0.3, -0.25) is 9.80 Å². The van der Waals surface area contributed by atoms with Gasteiger partial charge >= 0.3 is 0 Å². The molecule has 0 radical (unpaired) electrons. The van der Waals surface area contributed by atoms with Gasteiger partial charge in [0.05, 0.1) is 0 Å². The fourth-order valence-corrected chi connectivity index (χ4v) is 4.29. The number of piperazine rings is 1. The summed E-state index contributed by atoms with van der Waals surface area (Å²) < 4.78 is 0. The summed E-state index contributed by atoms with van der Waals surface area (Å²) in [7, 11) is 0. The van der Waals surface area contributed by atoms with Crippen LogP contribution >= 0.6 is 23.5 Å². The van der Waals surface area contributed by atoms with Gasteiger partial charge in [0.2, 0.25) is 0 Å². The van der Waals surface area contributed by atoms with E-state index >= 15 is 0 Å². The van der Waals surface area contributed by atoms with Gasteiger partial charge < -0.3 is 0 Å². The van der Waals surface area contributed by atoms with Gasteiger partial charge in [0, 0.05) is 47.7 Å². The number of nitrogens with zero attached hydrogens (tertiary/aromatic N) is 2. The number of rotatable bonds is 6. The first-order valence-electron chi connectivity index (χ1n) is 7.70. The molecule has 0 N–H and O–H groups in total. The first kappa shape index (κ1) is 15.9. The molecule has 0 aliphatic carbocycles. The highest BCUT2D eigenvalue weighted by molar-refractivity contribution is 7.99. The molecule has 3 rings (SSSR count). The van der Waals surface area contributed by atoms with Crippen LogP contribution in [0.15, 0.2) is 70.5 Å². The molecule has 1 fully saturated rings. The average Bonchev–Trinajstić information content (AvgIpc) is 2.61. The Balaban J connectivity index is 1.35. The van der Waals surface area contributed by atoms with Crippen molar-refractivity contribution in [1.29, 1.82) is 0 Å². The molecule has 1 saturated heterocycles. The standard InChI is InChI=1S/C18H22N2S2/c1-3-7-17(8-4-1)21-15-19-11-13-20(14-12-19)16-22-18-9-5-2-6-10-18/h1-10H,11-16H2. The van der Waals surface area contributed by atoms with Gasteiger partial charge in [-0.15, -0.1) is 23.5 Å². The van der Waals surface area contributed by atoms with Crippen molar-refractivity contribution >= 4 is 23.5 Å². The van der Waals surface area contributed by atoms with E-state index in [-0.39, 0.29) is 0 Å². The molecular weight excluding hydrogens is 308 g/mol. The highest BCUT2D eigenvalue weighted by Gasteiger charge is 2.16. The summed E-state index contributed by atoms with van der Waals surface area (Å²) in [5, 5.41) is 0. The minimum atomic E-state index is 1.10. The Morgan fingerprint density at radius 2 is 0.955 bits per heavy atom. The molecule has 0 spiro atoms. The van der Waals surface area contributed by atoms with Gasteiger partial charge in [0.25, 0.3) is 0 Å². The van der Waals surface area contributed by atoms with Crippen LogP contribution in [0.25, 0.3) is 0 Å². The molecule has 0 bridgehead atoms. The largest absolute Gasteiger partial charge is 0.291 e. The van der Waals surface area contributed by atoms with Crippen LogP contribution in [-0.4, -0.2) is 47.7 Å². The van der Waals surface area contributed by atoms with Crippen molar-refractivity contribution in [2.75, 3.05) is 37.9 Å². The Bertz CT molecular complexity index is 488. The van der Waals surface area contributed by atoms with Gasteiger partial charge in [0.1, 0.15) is 0 Å². The van der Waals surface area contributed by atoms with E-state index < -0.39 is 0 Å². The fraction of sp³-hybridized carbons (Fsp3) is 0.333. The van der Waals surface area contributed by atoms with Crippen molar-refractivity contribution in [3.8, 4) is 0 Å². The van der Waals surface area contributed by atoms with Crippen molar-refractivity contribution in [3.63, 3.8) is 0 Å². The molecule has 116 valence electrons. The second kappa shape index (κ2) is 8.63. The van der Waals surface area contributed by atoms with Crippen molar-refractivity contribution in [3.05, 3.63) is 60.7 Å². The topological polar surface area (TPSA) is 6.48 Å². The molecule has 2 aromatic rings. The van der Waals surface area contributed by atoms with Gasteiger partial charge in [-0.25, -0.2) is 0 Å². The van der Waals surface area contributed by atoms with Crippen molar-refractivity contribution < 1.29 is 0 Å². The first-order chi connectivity index (χ1) is 10.9. The highest BCUT2D eigenvalue weighted by atomic mass is 32.2. The molecule has 0 aromatic heterocycles. The van der Waals surface area contributed by atoms with Crippen LogP contribution in [0.3, 0.4) is 0 Å². The van der Waals surface area contributed by atoms with Crippen molar-refractivity contribution in [2.45, 2.75) is 9.79 Å². The zero-order valence-corrected chi connectivity index (χ0v) is 14.4. The van der Waals surface area contributed by atoms with Gasteiger partial charge in [-0.05, 0) is 24.3 Å². The number of thioether (sulfide) groups is 2. The zero-order valence-electron chi connectivity index (χ0n) is 12.7. The maximum Gasteiger partial charge on any atom is 0.0492 e. The van der Waals surface area contributed by atoms with Gasteiger partial charge in [-0.1, -0.05) is 36.4 Å². The highest BCUT2D eigenvalue weighted by Crippen LogP contribution is 2.21. The van der Waals surface area contributed by atoms with Gasteiger partial charge in [-0.2, -0.15) is 0 Å². The van der Waals surface area contributed by atoms with E-state index in [4.69, 9.17) is 0 Å². The molecule has 0 atom stereocenters. The molecule has 2 nitrogen and oxygen atoms in total. The van der Waals surface area contributed by atoms with Crippen LogP contribution in [0.4, 0.5) is 0 Å². The molecule has 1 heterocycles. The Labute approximate surface area is 141 Å². The third-order valence-corrected chi connectivity index (χ3v) is 5.98. The summed E-state index contributed by atoms with van der Waals surface area (Å²) in [5.41, 5.74) is 0. The van der Waals surface area contributed by atoms with Crippen LogP contribution in [0, 0.1) is 0 Å². The quantitative estimate of drug-likeness (QED) is 0.735. The molecule has 22 heavy (non-hydrogen) atoms. The monoisotopic (exact) mass is 330 g/mol. The maximum atomic E-state index is 2.56. The summed E-state index contributed by atoms with van der Waals surface area (Å²) in [5.74, 6) is 2.20. The average molecular weight is 331 g/mol. The number of benzene rings is 2. The van der Waals surface area contributed by atoms with Crippen LogP contribution in [0.1, 0.15) is 0 Å². The summed E-state index contributed by atoms with van der Waals surface area (Å²) in [6.07, 6.45) is 0. The lowest BCUT2D eigenvalue weighted by Crippen LogP contribution is -2.45. The summed E-state index contributed by atoms with van der Waals surface area (Å²) in [4.78, 5) is 7.84. The third kappa shape index (κ3) is 5.06. The Kier molecular flexibility index (Phi) is 6.25. The molecule has 1 aliphatic rings. The minimum absolute atomic E-state index is 1.10. The predicted molar refractivity (Wildman–Crippen MR) is 97.5 cm³/mol. The summed E-state index contributed by atoms with van der Waals surface area (Å²) in [6.45, 7) is 4.70. The molecule has 0 amide bonds. The van der Waals surface area contributed by atoms with Crippen molar-refractivity contribution in [1.82, 2.24) is 9.80 Å². The molecule has 0 unspecified atom stereocenters. The predicted octanol–water partition coefficient (Wildman–Crippen LogP) is 4.10. The van der Waals surface area contributed by atoms with E-state index in [0.717, 1.165) is 11.8 Å². The van der Waals surface area contributed by atoms with Crippen molar-refractivity contribution in [2.24, 2.45) is 0 Å². The smallest absolute Gasteiger partial charge is 0.0492 e. The zero-order chi connectivity index (χ0) is 15.0. The number of hydrogen-bond donors (Lipinski definition) is 0. The third-order valence-electron chi connectivity index (χ3n) is 3.78. The van der Waals surface area contributed by atoms with E-state index in [1.165, 1.54) is 36.0 Å². The number of hydrogen-bond acceptors (Lipinski definition) is 4. The lowest BCUT2D eigenvalue weighted by atomic mass is 10.4. The second-order valence-electron chi connectivity index (χ2n) is 5.41. The first-order valence-corrected chi connectivity index (χ1v) is 9.68. The lowest BCUT2D eigenvalue weighted by molar-refractivity contribution is 0.169. The lowest BCUT2D eigenvalue weighted by Gasteiger charge is -2.34. The molecule has 0 saturated carbocycles. The Morgan fingerprint density at radius 1 is 0.591 bits per heavy atom. The van der Waals surface area contributed by atoms with Crippen LogP contribution < -0.4 is 0 Å². The van der Waals surface area contributed by atoms with Gasteiger partial charge in [0.15, 0.2) is 0 Å². The van der Waals surface area contributed by atoms with E-state index in [1.54, 1.807) is 0 Å². The van der Waals surface area contributed by atoms with Crippen LogP contribution in [-0.2, 0) is 0 Å². The summed E-state index contributed by atoms with van der Waals surface area (Å²) in [6, 6.07) is 21.4. The normalized spacial score (nSPS) is 16.7. The summed E-state index contributed by atoms with van der Waals surface area (Å²) >= 11 is 3.88. The SMILES string of the molecule is c1ccc(SCN2CCN(CSc3ccccc3)CC2)cc1. The molecule has 1 aliphatic heterocycles. The van der Waals surface area contributed by atoms with Crippen LogP contribution in [0.5, 0.6) is 0 Å². The molecule has 4 heteroatoms. The van der Waals surface area contributed by atoms with E-state index in [0.29, 0.717) is 0 Å². The minimum Gasteiger partial charge on any atom is -0.291 e.